The van der Waals surface area contributed by atoms with Crippen LogP contribution in [-0.4, -0.2) is 40.5 Å². The van der Waals surface area contributed by atoms with Crippen molar-refractivity contribution in [2.75, 3.05) is 19.8 Å². The van der Waals surface area contributed by atoms with Crippen LogP contribution in [0.25, 0.3) is 0 Å². The molecule has 8 heteroatoms. The molecule has 0 amide bonds. The third-order valence-electron chi connectivity index (χ3n) is 5.00. The number of guanidine groups is 1. The maximum absolute atomic E-state index is 5.43. The number of benzene rings is 1. The summed E-state index contributed by atoms with van der Waals surface area (Å²) in [6.07, 6.45) is 2.03. The molecule has 174 valence electrons. The van der Waals surface area contributed by atoms with Gasteiger partial charge in [-0.05, 0) is 50.7 Å². The van der Waals surface area contributed by atoms with Gasteiger partial charge in [-0.2, -0.15) is 0 Å². The number of ether oxygens (including phenoxy) is 1. The second-order valence-corrected chi connectivity index (χ2v) is 8.07. The van der Waals surface area contributed by atoms with Gasteiger partial charge in [0.15, 0.2) is 11.8 Å². The van der Waals surface area contributed by atoms with Gasteiger partial charge >= 0.3 is 0 Å². The molecule has 2 N–H and O–H groups in total. The van der Waals surface area contributed by atoms with Gasteiger partial charge in [0, 0.05) is 26.8 Å². The molecule has 31 heavy (non-hydrogen) atoms. The minimum Gasteiger partial charge on any atom is -0.382 e. The molecule has 7 nitrogen and oxygen atoms in total. The largest absolute Gasteiger partial charge is 0.382 e. The van der Waals surface area contributed by atoms with Crippen molar-refractivity contribution in [3.63, 3.8) is 0 Å². The van der Waals surface area contributed by atoms with E-state index in [-0.39, 0.29) is 30.0 Å². The van der Waals surface area contributed by atoms with E-state index in [1.54, 1.807) is 0 Å². The zero-order chi connectivity index (χ0) is 21.9. The second kappa shape index (κ2) is 14.4. The lowest BCUT2D eigenvalue weighted by atomic mass is 10.00. The molecule has 1 unspecified atom stereocenters. The van der Waals surface area contributed by atoms with Crippen molar-refractivity contribution in [1.82, 2.24) is 25.4 Å². The number of nitrogens with zero attached hydrogens (tertiary/aromatic N) is 4. The van der Waals surface area contributed by atoms with Crippen LogP contribution in [0.3, 0.4) is 0 Å². The fourth-order valence-corrected chi connectivity index (χ4v) is 3.12. The van der Waals surface area contributed by atoms with Gasteiger partial charge < -0.3 is 19.9 Å². The highest BCUT2D eigenvalue weighted by Gasteiger charge is 2.10. The van der Waals surface area contributed by atoms with Crippen LogP contribution >= 0.6 is 24.0 Å². The SMILES string of the molecule is CCOCCCNC(=NCc1nnc(C)n1C)NC(C)c1ccc(CC(C)C)cc1.I. The van der Waals surface area contributed by atoms with Crippen molar-refractivity contribution in [1.29, 1.82) is 0 Å². The van der Waals surface area contributed by atoms with Crippen LogP contribution < -0.4 is 10.6 Å². The van der Waals surface area contributed by atoms with Gasteiger partial charge in [-0.1, -0.05) is 38.1 Å². The Labute approximate surface area is 204 Å². The average Bonchev–Trinajstić information content (AvgIpc) is 3.03. The quantitative estimate of drug-likeness (QED) is 0.193. The highest BCUT2D eigenvalue weighted by molar-refractivity contribution is 14.0. The molecule has 0 aliphatic heterocycles. The number of hydrogen-bond donors (Lipinski definition) is 2. The molecule has 0 saturated carbocycles. The van der Waals surface area contributed by atoms with Gasteiger partial charge in [-0.3, -0.25) is 0 Å². The van der Waals surface area contributed by atoms with Crippen LogP contribution in [0.4, 0.5) is 0 Å². The minimum atomic E-state index is 0. The van der Waals surface area contributed by atoms with Gasteiger partial charge in [-0.25, -0.2) is 4.99 Å². The summed E-state index contributed by atoms with van der Waals surface area (Å²) in [7, 11) is 1.96. The van der Waals surface area contributed by atoms with Crippen LogP contribution in [-0.2, 0) is 24.8 Å². The van der Waals surface area contributed by atoms with Crippen LogP contribution in [0.1, 0.15) is 62.9 Å². The normalized spacial score (nSPS) is 12.5. The number of aliphatic imine (C=N–C) groups is 1. The van der Waals surface area contributed by atoms with E-state index in [1.165, 1.54) is 11.1 Å². The number of hydrogen-bond acceptors (Lipinski definition) is 4. The molecular weight excluding hydrogens is 503 g/mol. The first-order valence-electron chi connectivity index (χ1n) is 11.0. The smallest absolute Gasteiger partial charge is 0.192 e. The maximum atomic E-state index is 5.43. The van der Waals surface area contributed by atoms with Crippen LogP contribution in [0.15, 0.2) is 29.3 Å². The number of nitrogens with one attached hydrogen (secondary N) is 2. The number of aromatic nitrogens is 3. The highest BCUT2D eigenvalue weighted by Crippen LogP contribution is 2.15. The monoisotopic (exact) mass is 542 g/mol. The number of aryl methyl sites for hydroxylation is 1. The first kappa shape index (κ1) is 27.4. The van der Waals surface area contributed by atoms with Gasteiger partial charge in [0.05, 0.1) is 6.04 Å². The van der Waals surface area contributed by atoms with E-state index in [0.29, 0.717) is 12.5 Å². The average molecular weight is 543 g/mol. The summed E-state index contributed by atoms with van der Waals surface area (Å²) >= 11 is 0. The highest BCUT2D eigenvalue weighted by atomic mass is 127. The number of rotatable bonds is 11. The minimum absolute atomic E-state index is 0. The molecule has 2 aromatic rings. The Morgan fingerprint density at radius 1 is 1.16 bits per heavy atom. The summed E-state index contributed by atoms with van der Waals surface area (Å²) in [5.74, 6) is 3.16. The van der Waals surface area contributed by atoms with Gasteiger partial charge in [0.2, 0.25) is 0 Å². The zero-order valence-corrected chi connectivity index (χ0v) is 22.1. The topological polar surface area (TPSA) is 76.4 Å². The van der Waals surface area contributed by atoms with E-state index in [2.05, 4.69) is 65.9 Å². The molecule has 0 aliphatic rings. The number of halogens is 1. The maximum Gasteiger partial charge on any atom is 0.192 e. The van der Waals surface area contributed by atoms with Gasteiger partial charge in [0.1, 0.15) is 12.4 Å². The van der Waals surface area contributed by atoms with E-state index in [4.69, 9.17) is 9.73 Å². The molecule has 1 aromatic heterocycles. The first-order chi connectivity index (χ1) is 14.4. The standard InChI is InChI=1S/C23H38N6O.HI/c1-7-30-14-8-13-24-23(25-16-22-28-27-19(5)29(22)6)26-18(4)21-11-9-20(10-12-21)15-17(2)3;/h9-12,17-18H,7-8,13-16H2,1-6H3,(H2,24,25,26);1H. The molecule has 0 aliphatic carbocycles. The lowest BCUT2D eigenvalue weighted by Gasteiger charge is -2.19. The third kappa shape index (κ3) is 9.55. The Hall–Kier alpha value is -1.68. The predicted molar refractivity (Wildman–Crippen MR) is 138 cm³/mol. The van der Waals surface area contributed by atoms with E-state index in [0.717, 1.165) is 50.2 Å². The van der Waals surface area contributed by atoms with Crippen molar-refractivity contribution < 1.29 is 4.74 Å². The van der Waals surface area contributed by atoms with Gasteiger partial charge in [-0.15, -0.1) is 34.2 Å². The van der Waals surface area contributed by atoms with Crippen molar-refractivity contribution in [2.24, 2.45) is 18.0 Å². The first-order valence-corrected chi connectivity index (χ1v) is 11.0. The van der Waals surface area contributed by atoms with E-state index in [9.17, 15) is 0 Å². The summed E-state index contributed by atoms with van der Waals surface area (Å²) in [4.78, 5) is 4.74. The molecule has 1 heterocycles. The Balaban J connectivity index is 0.00000480. The Morgan fingerprint density at radius 3 is 2.45 bits per heavy atom. The Morgan fingerprint density at radius 2 is 1.87 bits per heavy atom. The predicted octanol–water partition coefficient (Wildman–Crippen LogP) is 4.16. The fourth-order valence-electron chi connectivity index (χ4n) is 3.12. The van der Waals surface area contributed by atoms with Crippen LogP contribution in [0, 0.1) is 12.8 Å². The second-order valence-electron chi connectivity index (χ2n) is 8.07. The van der Waals surface area contributed by atoms with Gasteiger partial charge in [0.25, 0.3) is 0 Å². The lowest BCUT2D eigenvalue weighted by molar-refractivity contribution is 0.145. The molecule has 1 atom stereocenters. The third-order valence-corrected chi connectivity index (χ3v) is 5.00. The van der Waals surface area contributed by atoms with Crippen molar-refractivity contribution in [3.8, 4) is 0 Å². The molecule has 1 aromatic carbocycles. The molecule has 0 radical (unpaired) electrons. The van der Waals surface area contributed by atoms with E-state index >= 15 is 0 Å². The summed E-state index contributed by atoms with van der Waals surface area (Å²) in [5, 5.41) is 15.3. The van der Waals surface area contributed by atoms with Crippen molar-refractivity contribution in [2.45, 2.75) is 60.0 Å². The van der Waals surface area contributed by atoms with E-state index in [1.807, 2.05) is 25.5 Å². The molecular formula is C23H39IN6O. The zero-order valence-electron chi connectivity index (χ0n) is 19.8. The summed E-state index contributed by atoms with van der Waals surface area (Å²) < 4.78 is 7.40. The fraction of sp³-hybridized carbons (Fsp3) is 0.609. The van der Waals surface area contributed by atoms with E-state index < -0.39 is 0 Å². The van der Waals surface area contributed by atoms with Crippen LogP contribution in [0.5, 0.6) is 0 Å². The molecule has 0 fully saturated rings. The van der Waals surface area contributed by atoms with Crippen molar-refractivity contribution >= 4 is 29.9 Å². The summed E-state index contributed by atoms with van der Waals surface area (Å²) in [6.45, 7) is 13.4. The molecule has 0 bridgehead atoms. The molecule has 0 spiro atoms. The van der Waals surface area contributed by atoms with Crippen molar-refractivity contribution in [3.05, 3.63) is 47.0 Å². The Kier molecular flexibility index (Phi) is 12.7. The summed E-state index contributed by atoms with van der Waals surface area (Å²) in [6, 6.07) is 8.99. The Bertz CT molecular complexity index is 788. The lowest BCUT2D eigenvalue weighted by Crippen LogP contribution is -2.39. The van der Waals surface area contributed by atoms with Crippen LogP contribution in [0.2, 0.25) is 0 Å². The molecule has 2 rings (SSSR count). The summed E-state index contributed by atoms with van der Waals surface area (Å²) in [5.41, 5.74) is 2.61. The molecule has 0 saturated heterocycles.